The third-order valence-corrected chi connectivity index (χ3v) is 5.95. The zero-order valence-corrected chi connectivity index (χ0v) is 18.3. The minimum Gasteiger partial charge on any atom is -0.480 e. The van der Waals surface area contributed by atoms with Gasteiger partial charge in [0.1, 0.15) is 12.6 Å². The van der Waals surface area contributed by atoms with E-state index in [2.05, 4.69) is 0 Å². The minimum atomic E-state index is -4.40. The summed E-state index contributed by atoms with van der Waals surface area (Å²) >= 11 is 0. The second-order valence-electron chi connectivity index (χ2n) is 7.19. The Morgan fingerprint density at radius 3 is 1.00 bits per heavy atom. The smallest absolute Gasteiger partial charge is 0.339 e. The molecule has 1 saturated heterocycles. The molecule has 1 rings (SSSR count). The maximum Gasteiger partial charge on any atom is 0.339 e. The lowest BCUT2D eigenvalue weighted by Crippen LogP contribution is -2.48. The van der Waals surface area contributed by atoms with Crippen molar-refractivity contribution in [3.8, 4) is 0 Å². The van der Waals surface area contributed by atoms with Crippen molar-refractivity contribution < 1.29 is 48.5 Å². The van der Waals surface area contributed by atoms with Crippen LogP contribution in [0.5, 0.6) is 0 Å². The highest BCUT2D eigenvalue weighted by Crippen LogP contribution is 2.36. The first-order valence-corrected chi connectivity index (χ1v) is 12.8. The maximum absolute atomic E-state index is 11.4. The maximum atomic E-state index is 11.4. The summed E-state index contributed by atoms with van der Waals surface area (Å²) in [5, 5.41) is 18.2. The van der Waals surface area contributed by atoms with E-state index >= 15 is 0 Å². The second kappa shape index (κ2) is 12.2. The number of hydrogen-bond donors (Lipinski definition) is 6. The first kappa shape index (κ1) is 27.1. The van der Waals surface area contributed by atoms with Gasteiger partial charge in [-0.3, -0.25) is 38.3 Å². The first-order chi connectivity index (χ1) is 13.7. The fraction of sp³-hybridized carbons (Fsp3) is 0.857. The molecule has 0 aromatic rings. The zero-order valence-electron chi connectivity index (χ0n) is 16.5. The largest absolute Gasteiger partial charge is 0.480 e. The summed E-state index contributed by atoms with van der Waals surface area (Å²) in [6.45, 7) is 0.573. The van der Waals surface area contributed by atoms with Crippen molar-refractivity contribution in [2.45, 2.75) is 0 Å². The lowest BCUT2D eigenvalue weighted by Gasteiger charge is -2.33. The Morgan fingerprint density at radius 1 is 0.567 bits per heavy atom. The summed E-state index contributed by atoms with van der Waals surface area (Å²) in [4.78, 5) is 65.4. The van der Waals surface area contributed by atoms with E-state index in [0.29, 0.717) is 0 Å². The van der Waals surface area contributed by atoms with Crippen molar-refractivity contribution in [1.29, 1.82) is 0 Å². The highest BCUT2D eigenvalue weighted by atomic mass is 31.2. The lowest BCUT2D eigenvalue weighted by atomic mass is 10.3. The molecular weight excluding hydrogens is 446 g/mol. The number of carbonyl (C=O) groups is 2. The van der Waals surface area contributed by atoms with Crippen LogP contribution in [0.15, 0.2) is 0 Å². The third kappa shape index (κ3) is 13.4. The Kier molecular flexibility index (Phi) is 11.0. The van der Waals surface area contributed by atoms with E-state index in [-0.39, 0.29) is 65.4 Å². The predicted molar refractivity (Wildman–Crippen MR) is 105 cm³/mol. The van der Waals surface area contributed by atoms with Gasteiger partial charge in [0, 0.05) is 52.4 Å². The summed E-state index contributed by atoms with van der Waals surface area (Å²) in [5.41, 5.74) is 0. The van der Waals surface area contributed by atoms with Crippen LogP contribution in [0.3, 0.4) is 0 Å². The number of carboxylic acids is 2. The van der Waals surface area contributed by atoms with Gasteiger partial charge in [-0.1, -0.05) is 0 Å². The van der Waals surface area contributed by atoms with Crippen LogP contribution < -0.4 is 0 Å². The van der Waals surface area contributed by atoms with Gasteiger partial charge >= 0.3 is 27.1 Å². The Hall–Kier alpha value is -0.920. The minimum absolute atomic E-state index is 0.0882. The van der Waals surface area contributed by atoms with E-state index in [1.807, 2.05) is 0 Å². The summed E-state index contributed by atoms with van der Waals surface area (Å²) in [7, 11) is -8.80. The molecule has 0 aliphatic carbocycles. The topological polar surface area (TPSA) is 203 Å². The molecule has 0 aromatic heterocycles. The monoisotopic (exact) mass is 476 g/mol. The number of aliphatic carboxylic acids is 2. The molecule has 1 aliphatic rings. The predicted octanol–water partition coefficient (Wildman–Crippen LogP) is -2.35. The van der Waals surface area contributed by atoms with E-state index < -0.39 is 39.7 Å². The average Bonchev–Trinajstić information content (AvgIpc) is 2.54. The molecule has 1 fully saturated rings. The average molecular weight is 476 g/mol. The normalized spacial score (nSPS) is 20.4. The van der Waals surface area contributed by atoms with Gasteiger partial charge in [-0.15, -0.1) is 0 Å². The summed E-state index contributed by atoms with van der Waals surface area (Å²) in [6.07, 6.45) is -1.13. The molecular formula is C14H30N4O10P2. The Balaban J connectivity index is 3.00. The fourth-order valence-electron chi connectivity index (χ4n) is 3.08. The molecule has 0 bridgehead atoms. The van der Waals surface area contributed by atoms with Crippen LogP contribution >= 0.6 is 15.2 Å². The van der Waals surface area contributed by atoms with Crippen LogP contribution in [0.2, 0.25) is 0 Å². The van der Waals surface area contributed by atoms with E-state index in [4.69, 9.17) is 10.2 Å². The van der Waals surface area contributed by atoms with Crippen LogP contribution in [0, 0.1) is 0 Å². The highest BCUT2D eigenvalue weighted by molar-refractivity contribution is 7.51. The molecule has 176 valence electrons. The van der Waals surface area contributed by atoms with Crippen molar-refractivity contribution >= 4 is 27.1 Å². The molecule has 0 atom stereocenters. The van der Waals surface area contributed by atoms with Gasteiger partial charge in [-0.25, -0.2) is 0 Å². The highest BCUT2D eigenvalue weighted by Gasteiger charge is 2.25. The number of hydrogen-bond acceptors (Lipinski definition) is 8. The molecule has 14 nitrogen and oxygen atoms in total. The molecule has 16 heteroatoms. The standard InChI is InChI=1S/C14H30N4O10P2/c19-13(20)9-15-1-2-16(10-14(21)22)4-6-18(12-30(26,27)28)8-7-17(5-3-15)11-29(23,24)25/h1-12H2,(H,19,20)(H,21,22)(H2,23,24,25)(H2,26,27,28). The Morgan fingerprint density at radius 2 is 0.800 bits per heavy atom. The van der Waals surface area contributed by atoms with Gasteiger partial charge in [0.15, 0.2) is 0 Å². The molecule has 6 N–H and O–H groups in total. The van der Waals surface area contributed by atoms with E-state index in [0.717, 1.165) is 0 Å². The Labute approximate surface area is 174 Å². The number of nitrogens with zero attached hydrogens (tertiary/aromatic N) is 4. The van der Waals surface area contributed by atoms with Crippen LogP contribution in [-0.4, -0.2) is 139 Å². The third-order valence-electron chi connectivity index (χ3n) is 4.42. The molecule has 1 aliphatic heterocycles. The van der Waals surface area contributed by atoms with Crippen LogP contribution in [0.25, 0.3) is 0 Å². The summed E-state index contributed by atoms with van der Waals surface area (Å²) < 4.78 is 22.9. The van der Waals surface area contributed by atoms with Gasteiger partial charge in [0.05, 0.1) is 13.1 Å². The molecule has 0 saturated carbocycles. The van der Waals surface area contributed by atoms with Crippen molar-refractivity contribution in [3.63, 3.8) is 0 Å². The van der Waals surface area contributed by atoms with Gasteiger partial charge in [-0.2, -0.15) is 0 Å². The van der Waals surface area contributed by atoms with Gasteiger partial charge in [0.25, 0.3) is 0 Å². The quantitative estimate of drug-likeness (QED) is 0.203. The van der Waals surface area contributed by atoms with E-state index in [1.54, 1.807) is 9.80 Å². The van der Waals surface area contributed by atoms with Crippen molar-refractivity contribution in [2.75, 3.05) is 78.0 Å². The zero-order chi connectivity index (χ0) is 22.9. The van der Waals surface area contributed by atoms with Crippen molar-refractivity contribution in [3.05, 3.63) is 0 Å². The summed E-state index contributed by atoms with van der Waals surface area (Å²) in [6, 6.07) is 0. The van der Waals surface area contributed by atoms with Gasteiger partial charge in [-0.05, 0) is 0 Å². The Bertz CT molecular complexity index is 613. The fourth-order valence-corrected chi connectivity index (χ4v) is 4.69. The van der Waals surface area contributed by atoms with Gasteiger partial charge < -0.3 is 29.8 Å². The molecule has 1 heterocycles. The first-order valence-electron chi connectivity index (χ1n) is 9.15. The molecule has 0 aromatic carbocycles. The van der Waals surface area contributed by atoms with Gasteiger partial charge in [0.2, 0.25) is 0 Å². The molecule has 0 amide bonds. The van der Waals surface area contributed by atoms with Crippen molar-refractivity contribution in [1.82, 2.24) is 19.6 Å². The lowest BCUT2D eigenvalue weighted by molar-refractivity contribution is -0.140. The molecule has 0 spiro atoms. The SMILES string of the molecule is O=C(O)CN1CCN(CC(=O)O)CCN(CP(=O)(O)O)CCN(CP(=O)(O)O)CC1. The van der Waals surface area contributed by atoms with E-state index in [9.17, 15) is 38.3 Å². The summed E-state index contributed by atoms with van der Waals surface area (Å²) in [5.74, 6) is -2.16. The van der Waals surface area contributed by atoms with Crippen LogP contribution in [-0.2, 0) is 18.7 Å². The van der Waals surface area contributed by atoms with Crippen molar-refractivity contribution in [2.24, 2.45) is 0 Å². The van der Waals surface area contributed by atoms with Crippen LogP contribution in [0.4, 0.5) is 0 Å². The molecule has 30 heavy (non-hydrogen) atoms. The molecule has 0 radical (unpaired) electrons. The molecule has 0 unspecified atom stereocenters. The second-order valence-corrected chi connectivity index (χ2v) is 10.4. The number of rotatable bonds is 8. The van der Waals surface area contributed by atoms with Crippen LogP contribution in [0.1, 0.15) is 0 Å². The van der Waals surface area contributed by atoms with E-state index in [1.165, 1.54) is 9.80 Å². The number of carboxylic acid groups (broad SMARTS) is 2.